The van der Waals surface area contributed by atoms with Gasteiger partial charge < -0.3 is 20.5 Å². The number of nitrogens with two attached hydrogens (primary N) is 1. The third-order valence-electron chi connectivity index (χ3n) is 2.35. The Morgan fingerprint density at radius 2 is 1.89 bits per heavy atom. The SMILES string of the molecule is CCOc1ccc(NC(C)C(N)=O)cc1OCC. The monoisotopic (exact) mass is 252 g/mol. The van der Waals surface area contributed by atoms with E-state index in [1.165, 1.54) is 0 Å². The minimum Gasteiger partial charge on any atom is -0.490 e. The number of benzene rings is 1. The summed E-state index contributed by atoms with van der Waals surface area (Å²) in [5, 5.41) is 3.00. The Hall–Kier alpha value is -1.91. The topological polar surface area (TPSA) is 73.6 Å². The molecule has 18 heavy (non-hydrogen) atoms. The molecule has 1 unspecified atom stereocenters. The second kappa shape index (κ2) is 6.74. The fraction of sp³-hybridized carbons (Fsp3) is 0.462. The van der Waals surface area contributed by atoms with Crippen LogP contribution in [-0.4, -0.2) is 25.2 Å². The molecule has 0 aliphatic heterocycles. The summed E-state index contributed by atoms with van der Waals surface area (Å²) in [4.78, 5) is 11.0. The molecule has 0 spiro atoms. The van der Waals surface area contributed by atoms with Gasteiger partial charge in [0, 0.05) is 11.8 Å². The van der Waals surface area contributed by atoms with E-state index in [2.05, 4.69) is 5.32 Å². The molecule has 100 valence electrons. The summed E-state index contributed by atoms with van der Waals surface area (Å²) in [6.07, 6.45) is 0. The summed E-state index contributed by atoms with van der Waals surface area (Å²) in [5.41, 5.74) is 5.97. The second-order valence-electron chi connectivity index (χ2n) is 3.80. The van der Waals surface area contributed by atoms with Crippen LogP contribution in [0, 0.1) is 0 Å². The smallest absolute Gasteiger partial charge is 0.239 e. The molecule has 0 aliphatic rings. The molecule has 0 saturated heterocycles. The zero-order valence-electron chi connectivity index (χ0n) is 11.0. The summed E-state index contributed by atoms with van der Waals surface area (Å²) in [5.74, 6) is 0.944. The number of hydrogen-bond donors (Lipinski definition) is 2. The zero-order chi connectivity index (χ0) is 13.5. The fourth-order valence-corrected chi connectivity index (χ4v) is 1.46. The predicted molar refractivity (Wildman–Crippen MR) is 71.1 cm³/mol. The number of rotatable bonds is 7. The molecule has 1 aromatic carbocycles. The molecule has 0 aromatic heterocycles. The number of carbonyl (C=O) groups excluding carboxylic acids is 1. The third kappa shape index (κ3) is 3.84. The van der Waals surface area contributed by atoms with Gasteiger partial charge in [-0.2, -0.15) is 0 Å². The Morgan fingerprint density at radius 3 is 2.44 bits per heavy atom. The van der Waals surface area contributed by atoms with E-state index in [1.54, 1.807) is 13.0 Å². The molecule has 0 saturated carbocycles. The van der Waals surface area contributed by atoms with Gasteiger partial charge in [-0.25, -0.2) is 0 Å². The normalized spacial score (nSPS) is 11.7. The number of primary amides is 1. The van der Waals surface area contributed by atoms with Gasteiger partial charge in [-0.15, -0.1) is 0 Å². The molecule has 1 aromatic rings. The maximum atomic E-state index is 11.0. The molecule has 0 fully saturated rings. The van der Waals surface area contributed by atoms with Gasteiger partial charge in [0.2, 0.25) is 5.91 Å². The average molecular weight is 252 g/mol. The highest BCUT2D eigenvalue weighted by Gasteiger charge is 2.10. The first-order valence-corrected chi connectivity index (χ1v) is 6.04. The first-order valence-electron chi connectivity index (χ1n) is 6.04. The number of nitrogens with one attached hydrogen (secondary N) is 1. The summed E-state index contributed by atoms with van der Waals surface area (Å²) in [6.45, 7) is 6.65. The highest BCUT2D eigenvalue weighted by atomic mass is 16.5. The first-order chi connectivity index (χ1) is 8.58. The fourth-order valence-electron chi connectivity index (χ4n) is 1.46. The van der Waals surface area contributed by atoms with E-state index in [4.69, 9.17) is 15.2 Å². The number of carbonyl (C=O) groups is 1. The van der Waals surface area contributed by atoms with Crippen molar-refractivity contribution in [3.05, 3.63) is 18.2 Å². The predicted octanol–water partition coefficient (Wildman–Crippen LogP) is 1.77. The van der Waals surface area contributed by atoms with E-state index in [1.807, 2.05) is 26.0 Å². The van der Waals surface area contributed by atoms with Crippen LogP contribution < -0.4 is 20.5 Å². The molecule has 0 aliphatic carbocycles. The van der Waals surface area contributed by atoms with Gasteiger partial charge in [0.05, 0.1) is 13.2 Å². The minimum absolute atomic E-state index is 0.401. The van der Waals surface area contributed by atoms with Crippen molar-refractivity contribution in [1.82, 2.24) is 0 Å². The highest BCUT2D eigenvalue weighted by Crippen LogP contribution is 2.30. The number of ether oxygens (including phenoxy) is 2. The standard InChI is InChI=1S/C13H20N2O3/c1-4-17-11-7-6-10(8-12(11)18-5-2)15-9(3)13(14)16/h6-9,15H,4-5H2,1-3H3,(H2,14,16). The Kier molecular flexibility index (Phi) is 5.30. The van der Waals surface area contributed by atoms with E-state index in [9.17, 15) is 4.79 Å². The zero-order valence-corrected chi connectivity index (χ0v) is 11.0. The number of anilines is 1. The van der Waals surface area contributed by atoms with Crippen molar-refractivity contribution < 1.29 is 14.3 Å². The Morgan fingerprint density at radius 1 is 1.28 bits per heavy atom. The second-order valence-corrected chi connectivity index (χ2v) is 3.80. The van der Waals surface area contributed by atoms with Crippen molar-refractivity contribution >= 4 is 11.6 Å². The van der Waals surface area contributed by atoms with Crippen LogP contribution in [0.3, 0.4) is 0 Å². The van der Waals surface area contributed by atoms with E-state index < -0.39 is 11.9 Å². The van der Waals surface area contributed by atoms with Crippen molar-refractivity contribution in [2.24, 2.45) is 5.73 Å². The third-order valence-corrected chi connectivity index (χ3v) is 2.35. The van der Waals surface area contributed by atoms with Crippen LogP contribution in [0.2, 0.25) is 0 Å². The van der Waals surface area contributed by atoms with Crippen molar-refractivity contribution in [2.75, 3.05) is 18.5 Å². The summed E-state index contributed by atoms with van der Waals surface area (Å²) < 4.78 is 10.9. The molecule has 0 radical (unpaired) electrons. The van der Waals surface area contributed by atoms with E-state index >= 15 is 0 Å². The van der Waals surface area contributed by atoms with E-state index in [0.29, 0.717) is 24.7 Å². The van der Waals surface area contributed by atoms with Gasteiger partial charge in [-0.05, 0) is 32.9 Å². The summed E-state index contributed by atoms with van der Waals surface area (Å²) in [6, 6.07) is 5.00. The number of amides is 1. The Bertz CT molecular complexity index is 407. The van der Waals surface area contributed by atoms with Crippen LogP contribution in [0.4, 0.5) is 5.69 Å². The summed E-state index contributed by atoms with van der Waals surface area (Å²) in [7, 11) is 0. The van der Waals surface area contributed by atoms with E-state index in [-0.39, 0.29) is 0 Å². The quantitative estimate of drug-likeness (QED) is 0.775. The molecular weight excluding hydrogens is 232 g/mol. The molecule has 3 N–H and O–H groups in total. The van der Waals surface area contributed by atoms with Gasteiger partial charge in [0.1, 0.15) is 6.04 Å². The Labute approximate surface area is 107 Å². The van der Waals surface area contributed by atoms with Crippen LogP contribution in [0.1, 0.15) is 20.8 Å². The molecule has 0 heterocycles. The van der Waals surface area contributed by atoms with Crippen LogP contribution >= 0.6 is 0 Å². The largest absolute Gasteiger partial charge is 0.490 e. The van der Waals surface area contributed by atoms with Crippen LogP contribution in [0.25, 0.3) is 0 Å². The minimum atomic E-state index is -0.433. The average Bonchev–Trinajstić information content (AvgIpc) is 2.33. The molecule has 1 rings (SSSR count). The van der Waals surface area contributed by atoms with Gasteiger partial charge in [-0.3, -0.25) is 4.79 Å². The molecular formula is C13H20N2O3. The molecule has 5 nitrogen and oxygen atoms in total. The van der Waals surface area contributed by atoms with Crippen molar-refractivity contribution in [1.29, 1.82) is 0 Å². The molecule has 0 bridgehead atoms. The van der Waals surface area contributed by atoms with Crippen molar-refractivity contribution in [3.63, 3.8) is 0 Å². The van der Waals surface area contributed by atoms with Gasteiger partial charge in [0.15, 0.2) is 11.5 Å². The van der Waals surface area contributed by atoms with Crippen LogP contribution in [0.5, 0.6) is 11.5 Å². The van der Waals surface area contributed by atoms with Gasteiger partial charge in [-0.1, -0.05) is 0 Å². The maximum Gasteiger partial charge on any atom is 0.239 e. The van der Waals surface area contributed by atoms with Gasteiger partial charge in [0.25, 0.3) is 0 Å². The maximum absolute atomic E-state index is 11.0. The van der Waals surface area contributed by atoms with E-state index in [0.717, 1.165) is 5.69 Å². The van der Waals surface area contributed by atoms with Crippen LogP contribution in [0.15, 0.2) is 18.2 Å². The Balaban J connectivity index is 2.88. The molecule has 1 amide bonds. The van der Waals surface area contributed by atoms with Gasteiger partial charge >= 0.3 is 0 Å². The number of hydrogen-bond acceptors (Lipinski definition) is 4. The first kappa shape index (κ1) is 14.2. The van der Waals surface area contributed by atoms with Crippen LogP contribution in [-0.2, 0) is 4.79 Å². The lowest BCUT2D eigenvalue weighted by Gasteiger charge is -2.15. The van der Waals surface area contributed by atoms with Crippen molar-refractivity contribution in [2.45, 2.75) is 26.8 Å². The summed E-state index contributed by atoms with van der Waals surface area (Å²) >= 11 is 0. The molecule has 5 heteroatoms. The lowest BCUT2D eigenvalue weighted by atomic mass is 10.2. The highest BCUT2D eigenvalue weighted by molar-refractivity contribution is 5.82. The van der Waals surface area contributed by atoms with Crippen molar-refractivity contribution in [3.8, 4) is 11.5 Å². The lowest BCUT2D eigenvalue weighted by molar-refractivity contribution is -0.118. The molecule has 1 atom stereocenters. The lowest BCUT2D eigenvalue weighted by Crippen LogP contribution is -2.32.